The van der Waals surface area contributed by atoms with Gasteiger partial charge in [0.2, 0.25) is 0 Å². The predicted molar refractivity (Wildman–Crippen MR) is 89.6 cm³/mol. The highest BCUT2D eigenvalue weighted by atomic mass is 79.9. The molecule has 116 valence electrons. The summed E-state index contributed by atoms with van der Waals surface area (Å²) >= 11 is 4.56. The molecule has 0 radical (unpaired) electrons. The van der Waals surface area contributed by atoms with Crippen LogP contribution in [0.2, 0.25) is 0 Å². The number of hydrogen-bond acceptors (Lipinski definition) is 3. The first-order chi connectivity index (χ1) is 11.0. The second-order valence-corrected chi connectivity index (χ2v) is 6.37. The molecule has 2 aromatic carbocycles. The van der Waals surface area contributed by atoms with Gasteiger partial charge in [0.25, 0.3) is 5.91 Å². The molecule has 0 aliphatic rings. The Morgan fingerprint density at radius 3 is 2.52 bits per heavy atom. The van der Waals surface area contributed by atoms with Gasteiger partial charge in [0.05, 0.1) is 5.69 Å². The van der Waals surface area contributed by atoms with Crippen LogP contribution in [0.4, 0.5) is 13.9 Å². The predicted octanol–water partition coefficient (Wildman–Crippen LogP) is 5.10. The van der Waals surface area contributed by atoms with Crippen LogP contribution in [-0.4, -0.2) is 10.9 Å². The molecule has 1 heterocycles. The topological polar surface area (TPSA) is 42.0 Å². The van der Waals surface area contributed by atoms with Crippen molar-refractivity contribution in [2.75, 3.05) is 5.32 Å². The van der Waals surface area contributed by atoms with Gasteiger partial charge in [-0.15, -0.1) is 11.3 Å². The highest BCUT2D eigenvalue weighted by Crippen LogP contribution is 2.27. The first kappa shape index (κ1) is 15.8. The Bertz CT molecular complexity index is 862. The Morgan fingerprint density at radius 1 is 1.13 bits per heavy atom. The van der Waals surface area contributed by atoms with E-state index in [9.17, 15) is 13.6 Å². The molecule has 0 bridgehead atoms. The van der Waals surface area contributed by atoms with Crippen LogP contribution >= 0.6 is 27.3 Å². The van der Waals surface area contributed by atoms with Crippen molar-refractivity contribution in [3.8, 4) is 11.3 Å². The summed E-state index contributed by atoms with van der Waals surface area (Å²) in [5.41, 5.74) is 0.917. The third kappa shape index (κ3) is 3.46. The molecule has 1 amide bonds. The highest BCUT2D eigenvalue weighted by molar-refractivity contribution is 9.10. The molecule has 3 aromatic rings. The molecule has 0 saturated carbocycles. The fourth-order valence-corrected chi connectivity index (χ4v) is 3.10. The van der Waals surface area contributed by atoms with E-state index in [2.05, 4.69) is 26.2 Å². The standard InChI is InChI=1S/C16H9BrF2N2OS/c17-10-4-1-3-9(7-10)13-8-23-16(20-13)21-15(22)14-11(18)5-2-6-12(14)19/h1-8H,(H,20,21,22). The number of thiazole rings is 1. The zero-order chi connectivity index (χ0) is 16.4. The van der Waals surface area contributed by atoms with E-state index < -0.39 is 23.1 Å². The highest BCUT2D eigenvalue weighted by Gasteiger charge is 2.18. The fraction of sp³-hybridized carbons (Fsp3) is 0. The third-order valence-electron chi connectivity index (χ3n) is 3.03. The third-order valence-corrected chi connectivity index (χ3v) is 4.29. The van der Waals surface area contributed by atoms with Crippen molar-refractivity contribution in [3.05, 3.63) is 69.5 Å². The first-order valence-electron chi connectivity index (χ1n) is 6.51. The number of hydrogen-bond donors (Lipinski definition) is 1. The van der Waals surface area contributed by atoms with Gasteiger partial charge in [0, 0.05) is 15.4 Å². The minimum Gasteiger partial charge on any atom is -0.298 e. The van der Waals surface area contributed by atoms with Crippen LogP contribution in [0.5, 0.6) is 0 Å². The summed E-state index contributed by atoms with van der Waals surface area (Å²) in [5.74, 6) is -2.69. The van der Waals surface area contributed by atoms with E-state index in [1.807, 2.05) is 24.3 Å². The molecule has 0 atom stereocenters. The molecule has 0 unspecified atom stereocenters. The van der Waals surface area contributed by atoms with Crippen LogP contribution in [0.15, 0.2) is 52.3 Å². The number of carbonyl (C=O) groups excluding carboxylic acids is 1. The number of nitrogens with zero attached hydrogens (tertiary/aromatic N) is 1. The number of rotatable bonds is 3. The molecule has 0 spiro atoms. The van der Waals surface area contributed by atoms with Crippen molar-refractivity contribution in [3.63, 3.8) is 0 Å². The van der Waals surface area contributed by atoms with Crippen LogP contribution in [0, 0.1) is 11.6 Å². The number of carbonyl (C=O) groups is 1. The molecule has 3 rings (SSSR count). The number of nitrogens with one attached hydrogen (secondary N) is 1. The molecule has 3 nitrogen and oxygen atoms in total. The molecule has 0 saturated heterocycles. The normalized spacial score (nSPS) is 10.6. The van der Waals surface area contributed by atoms with Crippen molar-refractivity contribution in [2.45, 2.75) is 0 Å². The van der Waals surface area contributed by atoms with Gasteiger partial charge in [-0.3, -0.25) is 10.1 Å². The van der Waals surface area contributed by atoms with Gasteiger partial charge < -0.3 is 0 Å². The molecule has 0 aliphatic heterocycles. The summed E-state index contributed by atoms with van der Waals surface area (Å²) in [6, 6.07) is 10.8. The van der Waals surface area contributed by atoms with E-state index in [-0.39, 0.29) is 5.13 Å². The smallest absolute Gasteiger partial charge is 0.263 e. The van der Waals surface area contributed by atoms with Gasteiger partial charge in [-0.05, 0) is 24.3 Å². The first-order valence-corrected chi connectivity index (χ1v) is 8.18. The summed E-state index contributed by atoms with van der Waals surface area (Å²) in [4.78, 5) is 16.3. The average Bonchev–Trinajstić information content (AvgIpc) is 2.95. The second-order valence-electron chi connectivity index (χ2n) is 4.60. The van der Waals surface area contributed by atoms with Gasteiger partial charge in [0.1, 0.15) is 17.2 Å². The molecule has 1 aromatic heterocycles. The number of anilines is 1. The Balaban J connectivity index is 1.83. The van der Waals surface area contributed by atoms with E-state index >= 15 is 0 Å². The number of amides is 1. The maximum Gasteiger partial charge on any atom is 0.263 e. The molecular formula is C16H9BrF2N2OS. The zero-order valence-electron chi connectivity index (χ0n) is 11.5. The second kappa shape index (κ2) is 6.55. The monoisotopic (exact) mass is 394 g/mol. The lowest BCUT2D eigenvalue weighted by Crippen LogP contribution is -2.15. The van der Waals surface area contributed by atoms with Crippen molar-refractivity contribution in [2.24, 2.45) is 0 Å². The summed E-state index contributed by atoms with van der Waals surface area (Å²) in [7, 11) is 0. The summed E-state index contributed by atoms with van der Waals surface area (Å²) < 4.78 is 28.1. The van der Waals surface area contributed by atoms with Gasteiger partial charge in [0.15, 0.2) is 5.13 Å². The molecule has 7 heteroatoms. The van der Waals surface area contributed by atoms with E-state index in [0.717, 1.165) is 22.2 Å². The van der Waals surface area contributed by atoms with E-state index in [1.165, 1.54) is 17.4 Å². The number of aromatic nitrogens is 1. The molecule has 1 N–H and O–H groups in total. The van der Waals surface area contributed by atoms with Crippen molar-refractivity contribution in [1.82, 2.24) is 4.98 Å². The number of benzene rings is 2. The minimum absolute atomic E-state index is 0.271. The summed E-state index contributed by atoms with van der Waals surface area (Å²) in [6.07, 6.45) is 0. The maximum absolute atomic E-state index is 13.6. The van der Waals surface area contributed by atoms with Gasteiger partial charge in [-0.25, -0.2) is 13.8 Å². The zero-order valence-corrected chi connectivity index (χ0v) is 13.9. The Hall–Kier alpha value is -2.12. The van der Waals surface area contributed by atoms with Gasteiger partial charge in [-0.2, -0.15) is 0 Å². The van der Waals surface area contributed by atoms with Gasteiger partial charge in [-0.1, -0.05) is 34.1 Å². The van der Waals surface area contributed by atoms with Crippen molar-refractivity contribution >= 4 is 38.3 Å². The fourth-order valence-electron chi connectivity index (χ4n) is 1.99. The molecular weight excluding hydrogens is 386 g/mol. The van der Waals surface area contributed by atoms with E-state index in [4.69, 9.17) is 0 Å². The molecule has 23 heavy (non-hydrogen) atoms. The Kier molecular flexibility index (Phi) is 4.49. The van der Waals surface area contributed by atoms with E-state index in [0.29, 0.717) is 5.69 Å². The van der Waals surface area contributed by atoms with E-state index in [1.54, 1.807) is 5.38 Å². The Labute approximate surface area is 143 Å². The van der Waals surface area contributed by atoms with Crippen LogP contribution in [0.1, 0.15) is 10.4 Å². The SMILES string of the molecule is O=C(Nc1nc(-c2cccc(Br)c2)cs1)c1c(F)cccc1F. The van der Waals surface area contributed by atoms with Crippen molar-refractivity contribution in [1.29, 1.82) is 0 Å². The summed E-state index contributed by atoms with van der Waals surface area (Å²) in [5, 5.41) is 4.45. The quantitative estimate of drug-likeness (QED) is 0.670. The lowest BCUT2D eigenvalue weighted by molar-refractivity contribution is 0.101. The summed E-state index contributed by atoms with van der Waals surface area (Å²) in [6.45, 7) is 0. The van der Waals surface area contributed by atoms with Crippen LogP contribution < -0.4 is 5.32 Å². The Morgan fingerprint density at radius 2 is 1.83 bits per heavy atom. The molecule has 0 fully saturated rings. The van der Waals surface area contributed by atoms with Gasteiger partial charge >= 0.3 is 0 Å². The maximum atomic E-state index is 13.6. The molecule has 0 aliphatic carbocycles. The number of halogens is 3. The minimum atomic E-state index is -0.911. The average molecular weight is 395 g/mol. The lowest BCUT2D eigenvalue weighted by Gasteiger charge is -2.04. The van der Waals surface area contributed by atoms with Crippen LogP contribution in [-0.2, 0) is 0 Å². The van der Waals surface area contributed by atoms with Crippen LogP contribution in [0.3, 0.4) is 0 Å². The lowest BCUT2D eigenvalue weighted by atomic mass is 10.2. The van der Waals surface area contributed by atoms with Crippen LogP contribution in [0.25, 0.3) is 11.3 Å². The largest absolute Gasteiger partial charge is 0.298 e. The van der Waals surface area contributed by atoms with Crippen molar-refractivity contribution < 1.29 is 13.6 Å².